The zero-order valence-electron chi connectivity index (χ0n) is 12.4. The topological polar surface area (TPSA) is 46.3 Å². The lowest BCUT2D eigenvalue weighted by atomic mass is 9.93. The Kier molecular flexibility index (Phi) is 7.76. The number of benzene rings is 1. The first-order valence-electron chi connectivity index (χ1n) is 6.52. The summed E-state index contributed by atoms with van der Waals surface area (Å²) in [5.74, 6) is -0.164. The van der Waals surface area contributed by atoms with Gasteiger partial charge in [-0.1, -0.05) is 26.0 Å². The zero-order valence-corrected chi connectivity index (χ0v) is 13.2. The molecular formula is C15H24ClFN2O. The maximum atomic E-state index is 12.8. The number of amides is 1. The van der Waals surface area contributed by atoms with Crippen molar-refractivity contribution >= 4 is 18.3 Å². The number of carbonyl (C=O) groups excluding carboxylic acids is 1. The predicted octanol–water partition coefficient (Wildman–Crippen LogP) is 2.62. The molecule has 2 N–H and O–H groups in total. The summed E-state index contributed by atoms with van der Waals surface area (Å²) in [7, 11) is 1.80. The molecule has 1 aromatic rings. The molecule has 0 aliphatic heterocycles. The number of aryl methyl sites for hydroxylation is 1. The van der Waals surface area contributed by atoms with Crippen LogP contribution in [0.2, 0.25) is 0 Å². The molecule has 0 saturated carbocycles. The molecule has 1 aromatic carbocycles. The van der Waals surface area contributed by atoms with E-state index in [1.54, 1.807) is 24.1 Å². The van der Waals surface area contributed by atoms with E-state index >= 15 is 0 Å². The van der Waals surface area contributed by atoms with Crippen molar-refractivity contribution in [3.8, 4) is 0 Å². The van der Waals surface area contributed by atoms with Crippen LogP contribution in [0.25, 0.3) is 0 Å². The Morgan fingerprint density at radius 1 is 1.30 bits per heavy atom. The highest BCUT2D eigenvalue weighted by Gasteiger charge is 2.20. The van der Waals surface area contributed by atoms with Crippen LogP contribution >= 0.6 is 12.4 Å². The fraction of sp³-hybridized carbons (Fsp3) is 0.533. The molecule has 0 heterocycles. The molecule has 5 heteroatoms. The Hall–Kier alpha value is -1.13. The largest absolute Gasteiger partial charge is 0.345 e. The maximum absolute atomic E-state index is 12.8. The second kappa shape index (κ2) is 8.22. The van der Waals surface area contributed by atoms with Crippen molar-refractivity contribution in [1.82, 2.24) is 4.90 Å². The van der Waals surface area contributed by atoms with Gasteiger partial charge in [0.1, 0.15) is 5.82 Å². The van der Waals surface area contributed by atoms with Crippen LogP contribution in [0.5, 0.6) is 0 Å². The molecule has 1 amide bonds. The molecule has 1 rings (SSSR count). The van der Waals surface area contributed by atoms with Crippen LogP contribution in [0, 0.1) is 11.2 Å². The molecule has 0 aliphatic carbocycles. The standard InChI is InChI=1S/C15H23FN2O.ClH/c1-15(2,10-17)11-18(3)14(19)9-6-12-4-7-13(16)8-5-12;/h4-5,7-8H,6,9-11,17H2,1-3H3;1H. The predicted molar refractivity (Wildman–Crippen MR) is 82.4 cm³/mol. The van der Waals surface area contributed by atoms with E-state index in [0.717, 1.165) is 5.56 Å². The van der Waals surface area contributed by atoms with E-state index in [-0.39, 0.29) is 29.5 Å². The van der Waals surface area contributed by atoms with Gasteiger partial charge in [0.2, 0.25) is 5.91 Å². The molecule has 20 heavy (non-hydrogen) atoms. The number of nitrogens with zero attached hydrogens (tertiary/aromatic N) is 1. The maximum Gasteiger partial charge on any atom is 0.222 e. The van der Waals surface area contributed by atoms with Gasteiger partial charge in [-0.2, -0.15) is 0 Å². The molecule has 3 nitrogen and oxygen atoms in total. The van der Waals surface area contributed by atoms with Crippen molar-refractivity contribution in [2.24, 2.45) is 11.1 Å². The third kappa shape index (κ3) is 6.35. The van der Waals surface area contributed by atoms with Gasteiger partial charge in [0, 0.05) is 20.0 Å². The highest BCUT2D eigenvalue weighted by molar-refractivity contribution is 5.85. The smallest absolute Gasteiger partial charge is 0.222 e. The van der Waals surface area contributed by atoms with Crippen LogP contribution in [0.4, 0.5) is 4.39 Å². The van der Waals surface area contributed by atoms with E-state index in [4.69, 9.17) is 5.73 Å². The Morgan fingerprint density at radius 3 is 2.35 bits per heavy atom. The number of hydrogen-bond acceptors (Lipinski definition) is 2. The van der Waals surface area contributed by atoms with Gasteiger partial charge in [0.15, 0.2) is 0 Å². The summed E-state index contributed by atoms with van der Waals surface area (Å²) in [6.45, 7) is 5.27. The van der Waals surface area contributed by atoms with E-state index in [2.05, 4.69) is 0 Å². The third-order valence-corrected chi connectivity index (χ3v) is 3.18. The first kappa shape index (κ1) is 18.9. The molecule has 0 radical (unpaired) electrons. The van der Waals surface area contributed by atoms with Crippen molar-refractivity contribution in [3.05, 3.63) is 35.6 Å². The van der Waals surface area contributed by atoms with Crippen molar-refractivity contribution in [3.63, 3.8) is 0 Å². The van der Waals surface area contributed by atoms with Crippen LogP contribution in [0.1, 0.15) is 25.8 Å². The van der Waals surface area contributed by atoms with Gasteiger partial charge in [-0.3, -0.25) is 4.79 Å². The molecule has 0 aromatic heterocycles. The zero-order chi connectivity index (χ0) is 14.5. The summed E-state index contributed by atoms with van der Waals surface area (Å²) < 4.78 is 12.8. The normalized spacial score (nSPS) is 10.8. The molecule has 114 valence electrons. The minimum absolute atomic E-state index is 0. The fourth-order valence-electron chi connectivity index (χ4n) is 1.89. The van der Waals surface area contributed by atoms with Gasteiger partial charge in [-0.05, 0) is 36.1 Å². The monoisotopic (exact) mass is 302 g/mol. The summed E-state index contributed by atoms with van der Waals surface area (Å²) in [5.41, 5.74) is 6.56. The number of hydrogen-bond donors (Lipinski definition) is 1. The highest BCUT2D eigenvalue weighted by atomic mass is 35.5. The lowest BCUT2D eigenvalue weighted by Gasteiger charge is -2.29. The van der Waals surface area contributed by atoms with Gasteiger partial charge in [-0.25, -0.2) is 4.39 Å². The quantitative estimate of drug-likeness (QED) is 0.878. The summed E-state index contributed by atoms with van der Waals surface area (Å²) in [6, 6.07) is 6.26. The molecule has 0 spiro atoms. The minimum Gasteiger partial charge on any atom is -0.345 e. The lowest BCUT2D eigenvalue weighted by Crippen LogP contribution is -2.39. The number of halogens is 2. The minimum atomic E-state index is -0.253. The molecular weight excluding hydrogens is 279 g/mol. The Morgan fingerprint density at radius 2 is 1.85 bits per heavy atom. The van der Waals surface area contributed by atoms with Crippen LogP contribution in [-0.4, -0.2) is 30.9 Å². The lowest BCUT2D eigenvalue weighted by molar-refractivity contribution is -0.131. The molecule has 0 bridgehead atoms. The molecule has 0 fully saturated rings. The number of nitrogens with two attached hydrogens (primary N) is 1. The van der Waals surface area contributed by atoms with Crippen molar-refractivity contribution in [2.45, 2.75) is 26.7 Å². The van der Waals surface area contributed by atoms with E-state index in [1.165, 1.54) is 12.1 Å². The summed E-state index contributed by atoms with van der Waals surface area (Å²) >= 11 is 0. The summed E-state index contributed by atoms with van der Waals surface area (Å²) in [6.07, 6.45) is 1.06. The van der Waals surface area contributed by atoms with Crippen molar-refractivity contribution in [1.29, 1.82) is 0 Å². The SMILES string of the molecule is CN(CC(C)(C)CN)C(=O)CCc1ccc(F)cc1.Cl. The first-order chi connectivity index (χ1) is 8.84. The molecule has 0 unspecified atom stereocenters. The van der Waals surface area contributed by atoms with Gasteiger partial charge in [-0.15, -0.1) is 12.4 Å². The molecule has 0 aliphatic rings. The van der Waals surface area contributed by atoms with E-state index in [0.29, 0.717) is 25.9 Å². The Balaban J connectivity index is 0.00000361. The van der Waals surface area contributed by atoms with Gasteiger partial charge in [0.05, 0.1) is 0 Å². The van der Waals surface area contributed by atoms with Crippen LogP contribution in [-0.2, 0) is 11.2 Å². The van der Waals surface area contributed by atoms with Crippen LogP contribution < -0.4 is 5.73 Å². The second-order valence-electron chi connectivity index (χ2n) is 5.74. The van der Waals surface area contributed by atoms with Gasteiger partial charge in [0.25, 0.3) is 0 Å². The highest BCUT2D eigenvalue weighted by Crippen LogP contribution is 2.15. The molecule has 0 saturated heterocycles. The second-order valence-corrected chi connectivity index (χ2v) is 5.74. The van der Waals surface area contributed by atoms with Crippen molar-refractivity contribution in [2.75, 3.05) is 20.1 Å². The average molecular weight is 303 g/mol. The fourth-order valence-corrected chi connectivity index (χ4v) is 1.89. The van der Waals surface area contributed by atoms with Crippen LogP contribution in [0.15, 0.2) is 24.3 Å². The number of rotatable bonds is 6. The molecule has 0 atom stereocenters. The van der Waals surface area contributed by atoms with E-state index < -0.39 is 0 Å². The number of carbonyl (C=O) groups is 1. The van der Waals surface area contributed by atoms with Gasteiger partial charge >= 0.3 is 0 Å². The van der Waals surface area contributed by atoms with Crippen molar-refractivity contribution < 1.29 is 9.18 Å². The van der Waals surface area contributed by atoms with E-state index in [1.807, 2.05) is 13.8 Å². The van der Waals surface area contributed by atoms with E-state index in [9.17, 15) is 9.18 Å². The summed E-state index contributed by atoms with van der Waals surface area (Å²) in [4.78, 5) is 13.7. The third-order valence-electron chi connectivity index (χ3n) is 3.18. The van der Waals surface area contributed by atoms with Crippen LogP contribution in [0.3, 0.4) is 0 Å². The van der Waals surface area contributed by atoms with Gasteiger partial charge < -0.3 is 10.6 Å². The Labute approximate surface area is 126 Å². The first-order valence-corrected chi connectivity index (χ1v) is 6.52. The average Bonchev–Trinajstić information content (AvgIpc) is 2.37. The Bertz CT molecular complexity index is 420. The summed E-state index contributed by atoms with van der Waals surface area (Å²) in [5, 5.41) is 0.